The zero-order valence-corrected chi connectivity index (χ0v) is 16.6. The average Bonchev–Trinajstić information content (AvgIpc) is 2.68. The number of rotatable bonds is 7. The van der Waals surface area contributed by atoms with Gasteiger partial charge in [-0.25, -0.2) is 9.37 Å². The molecule has 146 valence electrons. The number of fused-ring (bicyclic) bond motifs is 1. The minimum atomic E-state index is -0.329. The Hall–Kier alpha value is -2.67. The normalized spacial score (nSPS) is 11.1. The SMILES string of the molecule is CC(C)CNC(=O)CSc1nc2ccccc2c(=O)n1Cc1ccc(F)cc1. The van der Waals surface area contributed by atoms with Crippen LogP contribution in [-0.4, -0.2) is 27.8 Å². The zero-order valence-electron chi connectivity index (χ0n) is 15.8. The molecule has 1 heterocycles. The van der Waals surface area contributed by atoms with E-state index >= 15 is 0 Å². The van der Waals surface area contributed by atoms with E-state index in [9.17, 15) is 14.0 Å². The lowest BCUT2D eigenvalue weighted by atomic mass is 10.2. The van der Waals surface area contributed by atoms with E-state index in [-0.39, 0.29) is 29.6 Å². The Morgan fingerprint density at radius 3 is 2.61 bits per heavy atom. The maximum absolute atomic E-state index is 13.2. The monoisotopic (exact) mass is 399 g/mol. The number of para-hydroxylation sites is 1. The van der Waals surface area contributed by atoms with Crippen molar-refractivity contribution in [2.45, 2.75) is 25.5 Å². The van der Waals surface area contributed by atoms with Gasteiger partial charge in [-0.2, -0.15) is 0 Å². The average molecular weight is 399 g/mol. The molecule has 5 nitrogen and oxygen atoms in total. The first-order chi connectivity index (χ1) is 13.4. The summed E-state index contributed by atoms with van der Waals surface area (Å²) < 4.78 is 14.7. The summed E-state index contributed by atoms with van der Waals surface area (Å²) in [6.45, 7) is 4.91. The van der Waals surface area contributed by atoms with Gasteiger partial charge in [0, 0.05) is 6.54 Å². The molecule has 0 bridgehead atoms. The van der Waals surface area contributed by atoms with Crippen LogP contribution in [0.1, 0.15) is 19.4 Å². The van der Waals surface area contributed by atoms with Crippen LogP contribution in [0.15, 0.2) is 58.5 Å². The Morgan fingerprint density at radius 1 is 1.18 bits per heavy atom. The van der Waals surface area contributed by atoms with E-state index in [1.807, 2.05) is 19.9 Å². The van der Waals surface area contributed by atoms with Crippen LogP contribution in [0, 0.1) is 11.7 Å². The molecular formula is C21H22FN3O2S. The number of carbonyl (C=O) groups is 1. The Morgan fingerprint density at radius 2 is 1.89 bits per heavy atom. The molecule has 7 heteroatoms. The lowest BCUT2D eigenvalue weighted by molar-refractivity contribution is -0.118. The van der Waals surface area contributed by atoms with Crippen molar-refractivity contribution in [2.75, 3.05) is 12.3 Å². The van der Waals surface area contributed by atoms with E-state index in [0.29, 0.717) is 28.5 Å². The number of nitrogens with zero attached hydrogens (tertiary/aromatic N) is 2. The standard InChI is InChI=1S/C21H22FN3O2S/c1-14(2)11-23-19(26)13-28-21-24-18-6-4-3-5-17(18)20(27)25(21)12-15-7-9-16(22)10-8-15/h3-10,14H,11-13H2,1-2H3,(H,23,26). The summed E-state index contributed by atoms with van der Waals surface area (Å²) >= 11 is 1.22. The van der Waals surface area contributed by atoms with E-state index < -0.39 is 0 Å². The van der Waals surface area contributed by atoms with Crippen LogP contribution in [-0.2, 0) is 11.3 Å². The summed E-state index contributed by atoms with van der Waals surface area (Å²) in [5, 5.41) is 3.84. The van der Waals surface area contributed by atoms with Crippen molar-refractivity contribution in [3.05, 3.63) is 70.3 Å². The summed E-state index contributed by atoms with van der Waals surface area (Å²) in [4.78, 5) is 29.7. The highest BCUT2D eigenvalue weighted by Crippen LogP contribution is 2.19. The Balaban J connectivity index is 1.91. The molecule has 3 rings (SSSR count). The van der Waals surface area contributed by atoms with Crippen LogP contribution < -0.4 is 10.9 Å². The molecular weight excluding hydrogens is 377 g/mol. The van der Waals surface area contributed by atoms with Crippen LogP contribution in [0.5, 0.6) is 0 Å². The summed E-state index contributed by atoms with van der Waals surface area (Å²) in [5.74, 6) is 0.101. The highest BCUT2D eigenvalue weighted by atomic mass is 32.2. The van der Waals surface area contributed by atoms with Crippen LogP contribution in [0.4, 0.5) is 4.39 Å². The van der Waals surface area contributed by atoms with E-state index in [1.165, 1.54) is 28.5 Å². The largest absolute Gasteiger partial charge is 0.355 e. The lowest BCUT2D eigenvalue weighted by Gasteiger charge is -2.13. The molecule has 0 fully saturated rings. The van der Waals surface area contributed by atoms with Crippen molar-refractivity contribution in [3.8, 4) is 0 Å². The van der Waals surface area contributed by atoms with Gasteiger partial charge in [0.15, 0.2) is 5.16 Å². The van der Waals surface area contributed by atoms with Gasteiger partial charge in [0.25, 0.3) is 5.56 Å². The topological polar surface area (TPSA) is 64.0 Å². The van der Waals surface area contributed by atoms with Crippen LogP contribution in [0.2, 0.25) is 0 Å². The number of halogens is 1. The van der Waals surface area contributed by atoms with Gasteiger partial charge >= 0.3 is 0 Å². The van der Waals surface area contributed by atoms with Gasteiger partial charge in [-0.05, 0) is 35.7 Å². The third-order valence-electron chi connectivity index (χ3n) is 4.12. The third-order valence-corrected chi connectivity index (χ3v) is 5.10. The molecule has 1 aromatic heterocycles. The highest BCUT2D eigenvalue weighted by Gasteiger charge is 2.14. The van der Waals surface area contributed by atoms with E-state index in [1.54, 1.807) is 30.3 Å². The van der Waals surface area contributed by atoms with Gasteiger partial charge in [-0.15, -0.1) is 0 Å². The third kappa shape index (κ3) is 4.98. The van der Waals surface area contributed by atoms with Crippen LogP contribution >= 0.6 is 11.8 Å². The van der Waals surface area contributed by atoms with E-state index in [0.717, 1.165) is 5.56 Å². The van der Waals surface area contributed by atoms with Gasteiger partial charge in [0.1, 0.15) is 5.82 Å². The summed E-state index contributed by atoms with van der Waals surface area (Å²) in [7, 11) is 0. The molecule has 0 spiro atoms. The molecule has 0 atom stereocenters. The molecule has 1 N–H and O–H groups in total. The lowest BCUT2D eigenvalue weighted by Crippen LogP contribution is -2.29. The van der Waals surface area contributed by atoms with E-state index in [2.05, 4.69) is 10.3 Å². The van der Waals surface area contributed by atoms with Gasteiger partial charge in [-0.3, -0.25) is 14.2 Å². The maximum atomic E-state index is 13.2. The van der Waals surface area contributed by atoms with Crippen molar-refractivity contribution in [2.24, 2.45) is 5.92 Å². The molecule has 0 saturated carbocycles. The first-order valence-corrected chi connectivity index (χ1v) is 10.1. The predicted octanol–water partition coefficient (Wildman–Crippen LogP) is 3.45. The maximum Gasteiger partial charge on any atom is 0.262 e. The molecule has 0 unspecified atom stereocenters. The minimum absolute atomic E-state index is 0.102. The Kier molecular flexibility index (Phi) is 6.46. The minimum Gasteiger partial charge on any atom is -0.355 e. The smallest absolute Gasteiger partial charge is 0.262 e. The second-order valence-electron chi connectivity index (χ2n) is 6.92. The van der Waals surface area contributed by atoms with Crippen molar-refractivity contribution < 1.29 is 9.18 Å². The molecule has 1 amide bonds. The molecule has 3 aromatic rings. The van der Waals surface area contributed by atoms with Crippen molar-refractivity contribution in [3.63, 3.8) is 0 Å². The number of carbonyl (C=O) groups excluding carboxylic acids is 1. The van der Waals surface area contributed by atoms with Crippen LogP contribution in [0.25, 0.3) is 10.9 Å². The highest BCUT2D eigenvalue weighted by molar-refractivity contribution is 7.99. The number of hydrogen-bond acceptors (Lipinski definition) is 4. The van der Waals surface area contributed by atoms with Gasteiger partial charge in [0.05, 0.1) is 23.2 Å². The fraction of sp³-hybridized carbons (Fsp3) is 0.286. The number of amides is 1. The number of nitrogens with one attached hydrogen (secondary N) is 1. The fourth-order valence-corrected chi connectivity index (χ4v) is 3.50. The van der Waals surface area contributed by atoms with Crippen molar-refractivity contribution >= 4 is 28.6 Å². The van der Waals surface area contributed by atoms with E-state index in [4.69, 9.17) is 0 Å². The molecule has 0 saturated heterocycles. The van der Waals surface area contributed by atoms with Gasteiger partial charge < -0.3 is 5.32 Å². The van der Waals surface area contributed by atoms with Crippen LogP contribution in [0.3, 0.4) is 0 Å². The predicted molar refractivity (Wildman–Crippen MR) is 110 cm³/mol. The first-order valence-electron chi connectivity index (χ1n) is 9.07. The molecule has 0 radical (unpaired) electrons. The first kappa shape index (κ1) is 20.1. The number of hydrogen-bond donors (Lipinski definition) is 1. The Bertz CT molecular complexity index is 1030. The summed E-state index contributed by atoms with van der Waals surface area (Å²) in [5.41, 5.74) is 1.19. The Labute approximate surface area is 167 Å². The second-order valence-corrected chi connectivity index (χ2v) is 7.86. The number of aromatic nitrogens is 2. The van der Waals surface area contributed by atoms with Crippen molar-refractivity contribution in [1.29, 1.82) is 0 Å². The molecule has 0 aliphatic heterocycles. The van der Waals surface area contributed by atoms with Gasteiger partial charge in [-0.1, -0.05) is 49.9 Å². The summed E-state index contributed by atoms with van der Waals surface area (Å²) in [6.07, 6.45) is 0. The van der Waals surface area contributed by atoms with Crippen molar-refractivity contribution in [1.82, 2.24) is 14.9 Å². The van der Waals surface area contributed by atoms with Gasteiger partial charge in [0.2, 0.25) is 5.91 Å². The molecule has 2 aromatic carbocycles. The molecule has 28 heavy (non-hydrogen) atoms. The quantitative estimate of drug-likeness (QED) is 0.488. The zero-order chi connectivity index (χ0) is 20.1. The second kappa shape index (κ2) is 9.01. The summed E-state index contributed by atoms with van der Waals surface area (Å²) in [6, 6.07) is 13.1. The number of thioether (sulfide) groups is 1. The number of benzene rings is 2. The molecule has 0 aliphatic carbocycles. The molecule has 0 aliphatic rings. The fourth-order valence-electron chi connectivity index (χ4n) is 2.67.